The van der Waals surface area contributed by atoms with Crippen LogP contribution in [0, 0.1) is 0 Å². The molecule has 0 saturated heterocycles. The van der Waals surface area contributed by atoms with E-state index in [0.717, 1.165) is 0 Å². The fourth-order valence-corrected chi connectivity index (χ4v) is 4.54. The number of sulfonamides is 1. The van der Waals surface area contributed by atoms with Crippen LogP contribution in [0.2, 0.25) is 0 Å². The van der Waals surface area contributed by atoms with Gasteiger partial charge in [-0.1, -0.05) is 12.1 Å². The summed E-state index contributed by atoms with van der Waals surface area (Å²) in [6.07, 6.45) is 0.717. The molecule has 1 heterocycles. The van der Waals surface area contributed by atoms with Crippen LogP contribution in [-0.2, 0) is 10.0 Å². The monoisotopic (exact) mass is 528 g/mol. The summed E-state index contributed by atoms with van der Waals surface area (Å²) in [4.78, 5) is 12.5. The van der Waals surface area contributed by atoms with E-state index in [2.05, 4.69) is 20.9 Å². The van der Waals surface area contributed by atoms with Gasteiger partial charge in [-0.25, -0.2) is 8.42 Å². The molecule has 0 fully saturated rings. The number of amides is 1. The Morgan fingerprint density at radius 2 is 1.67 bits per heavy atom. The van der Waals surface area contributed by atoms with E-state index >= 15 is 0 Å². The quantitative estimate of drug-likeness (QED) is 0.282. The van der Waals surface area contributed by atoms with E-state index in [4.69, 9.17) is 26.4 Å². The van der Waals surface area contributed by atoms with Crippen molar-refractivity contribution in [3.63, 3.8) is 0 Å². The Morgan fingerprint density at radius 1 is 0.944 bits per heavy atom. The number of thiocarbonyl (C=S) groups is 1. The molecule has 36 heavy (non-hydrogen) atoms. The molecule has 0 spiro atoms. The number of anilines is 2. The lowest BCUT2D eigenvalue weighted by Gasteiger charge is -2.14. The number of para-hydroxylation sites is 2. The largest absolute Gasteiger partial charge is 0.495 e. The summed E-state index contributed by atoms with van der Waals surface area (Å²) in [5, 5.41) is 3.09. The summed E-state index contributed by atoms with van der Waals surface area (Å²) in [6, 6.07) is 17.6. The van der Waals surface area contributed by atoms with Gasteiger partial charge in [0.15, 0.2) is 16.6 Å². The number of carbonyl (C=O) groups is 1. The lowest BCUT2D eigenvalue weighted by molar-refractivity contribution is 0.0944. The smallest absolute Gasteiger partial charge is 0.269 e. The normalized spacial score (nSPS) is 12.6. The van der Waals surface area contributed by atoms with Crippen LogP contribution >= 0.6 is 12.2 Å². The highest BCUT2D eigenvalue weighted by Crippen LogP contribution is 2.32. The molecule has 10 nitrogen and oxygen atoms in total. The van der Waals surface area contributed by atoms with Crippen LogP contribution in [0.3, 0.4) is 0 Å². The second-order valence-electron chi connectivity index (χ2n) is 7.58. The highest BCUT2D eigenvalue weighted by atomic mass is 32.2. The zero-order valence-electron chi connectivity index (χ0n) is 19.2. The number of methoxy groups -OCH3 is 1. The molecule has 4 N–H and O–H groups in total. The van der Waals surface area contributed by atoms with Crippen LogP contribution < -0.4 is 35.1 Å². The predicted molar refractivity (Wildman–Crippen MR) is 139 cm³/mol. The lowest BCUT2D eigenvalue weighted by Crippen LogP contribution is -2.43. The summed E-state index contributed by atoms with van der Waals surface area (Å²) in [6.45, 7) is 0.959. The van der Waals surface area contributed by atoms with Crippen LogP contribution in [0.15, 0.2) is 71.6 Å². The predicted octanol–water partition coefficient (Wildman–Crippen LogP) is 3.29. The van der Waals surface area contributed by atoms with E-state index in [1.165, 1.54) is 36.4 Å². The van der Waals surface area contributed by atoms with Crippen LogP contribution in [0.5, 0.6) is 17.2 Å². The summed E-state index contributed by atoms with van der Waals surface area (Å²) >= 11 is 5.20. The van der Waals surface area contributed by atoms with Crippen molar-refractivity contribution in [3.8, 4) is 17.2 Å². The average molecular weight is 529 g/mol. The summed E-state index contributed by atoms with van der Waals surface area (Å²) in [7, 11) is -2.34. The Kier molecular flexibility index (Phi) is 7.76. The molecule has 4 rings (SSSR count). The van der Waals surface area contributed by atoms with Crippen LogP contribution in [0.25, 0.3) is 0 Å². The van der Waals surface area contributed by atoms with E-state index in [-0.39, 0.29) is 10.0 Å². The van der Waals surface area contributed by atoms with E-state index in [0.29, 0.717) is 53.8 Å². The van der Waals surface area contributed by atoms with Gasteiger partial charge in [-0.15, -0.1) is 0 Å². The fourth-order valence-electron chi connectivity index (χ4n) is 3.30. The molecule has 0 radical (unpaired) electrons. The molecule has 0 unspecified atom stereocenters. The zero-order chi connectivity index (χ0) is 25.5. The molecule has 188 valence electrons. The first kappa shape index (κ1) is 25.1. The van der Waals surface area contributed by atoms with E-state index < -0.39 is 15.9 Å². The van der Waals surface area contributed by atoms with Crippen molar-refractivity contribution >= 4 is 44.6 Å². The Bertz CT molecular complexity index is 1360. The zero-order valence-corrected chi connectivity index (χ0v) is 20.9. The molecule has 3 aromatic carbocycles. The SMILES string of the molecule is COc1ccccc1NC(=S)NNC(=O)c1ccc(NS(=O)(=O)c2ccc3c(c2)OCCCO3)cc1. The molecule has 3 aromatic rings. The van der Waals surface area contributed by atoms with Gasteiger partial charge in [0.25, 0.3) is 15.9 Å². The molecule has 1 aliphatic heterocycles. The minimum absolute atomic E-state index is 0.0360. The van der Waals surface area contributed by atoms with Gasteiger partial charge in [-0.3, -0.25) is 20.4 Å². The number of hydrogen-bond donors (Lipinski definition) is 4. The molecule has 1 amide bonds. The number of hydrazine groups is 1. The van der Waals surface area contributed by atoms with E-state index in [1.54, 1.807) is 25.3 Å². The van der Waals surface area contributed by atoms with Gasteiger partial charge in [0, 0.05) is 23.7 Å². The summed E-state index contributed by atoms with van der Waals surface area (Å²) < 4.78 is 44.5. The maximum Gasteiger partial charge on any atom is 0.269 e. The Balaban J connectivity index is 1.34. The van der Waals surface area contributed by atoms with Gasteiger partial charge in [0.2, 0.25) is 0 Å². The van der Waals surface area contributed by atoms with Crippen molar-refractivity contribution in [1.82, 2.24) is 10.9 Å². The maximum absolute atomic E-state index is 12.8. The molecule has 1 aliphatic rings. The second-order valence-corrected chi connectivity index (χ2v) is 9.67. The van der Waals surface area contributed by atoms with Gasteiger partial charge >= 0.3 is 0 Å². The number of carbonyl (C=O) groups excluding carboxylic acids is 1. The van der Waals surface area contributed by atoms with Crippen molar-refractivity contribution < 1.29 is 27.4 Å². The van der Waals surface area contributed by atoms with E-state index in [1.807, 2.05) is 12.1 Å². The van der Waals surface area contributed by atoms with Gasteiger partial charge in [0.05, 0.1) is 30.9 Å². The number of rotatable bonds is 6. The van der Waals surface area contributed by atoms with Crippen molar-refractivity contribution in [2.45, 2.75) is 11.3 Å². The van der Waals surface area contributed by atoms with Gasteiger partial charge in [0.1, 0.15) is 5.75 Å². The van der Waals surface area contributed by atoms with Crippen LogP contribution in [0.1, 0.15) is 16.8 Å². The lowest BCUT2D eigenvalue weighted by atomic mass is 10.2. The first-order valence-electron chi connectivity index (χ1n) is 10.9. The average Bonchev–Trinajstić information content (AvgIpc) is 3.13. The van der Waals surface area contributed by atoms with E-state index in [9.17, 15) is 13.2 Å². The molecular formula is C24H24N4O6S2. The maximum atomic E-state index is 12.8. The highest BCUT2D eigenvalue weighted by Gasteiger charge is 2.19. The number of hydrogen-bond acceptors (Lipinski definition) is 7. The van der Waals surface area contributed by atoms with Crippen molar-refractivity contribution in [2.75, 3.05) is 30.4 Å². The van der Waals surface area contributed by atoms with Gasteiger partial charge in [-0.05, 0) is 60.7 Å². The summed E-state index contributed by atoms with van der Waals surface area (Å²) in [5.74, 6) is 1.02. The van der Waals surface area contributed by atoms with Crippen molar-refractivity contribution in [1.29, 1.82) is 0 Å². The topological polar surface area (TPSA) is 127 Å². The summed E-state index contributed by atoms with van der Waals surface area (Å²) in [5.41, 5.74) is 6.32. The second kappa shape index (κ2) is 11.1. The standard InChI is InChI=1S/C24H24N4O6S2/c1-32-20-6-3-2-5-19(20)25-24(35)27-26-23(29)16-7-9-17(10-8-16)28-36(30,31)18-11-12-21-22(15-18)34-14-4-13-33-21/h2-3,5-12,15,28H,4,13-14H2,1H3,(H,26,29)(H2,25,27,35). The third-order valence-corrected chi connectivity index (χ3v) is 6.66. The van der Waals surface area contributed by atoms with Crippen LogP contribution in [-0.4, -0.2) is 39.8 Å². The highest BCUT2D eigenvalue weighted by molar-refractivity contribution is 7.92. The number of fused-ring (bicyclic) bond motifs is 1. The molecule has 0 aliphatic carbocycles. The third-order valence-electron chi connectivity index (χ3n) is 5.07. The molecule has 0 bridgehead atoms. The molecule has 0 saturated carbocycles. The molecule has 12 heteroatoms. The Morgan fingerprint density at radius 3 is 2.42 bits per heavy atom. The fraction of sp³-hybridized carbons (Fsp3) is 0.167. The molecular weight excluding hydrogens is 504 g/mol. The Labute approximate surface area is 214 Å². The third kappa shape index (κ3) is 6.15. The number of ether oxygens (including phenoxy) is 3. The van der Waals surface area contributed by atoms with Gasteiger partial charge in [-0.2, -0.15) is 0 Å². The Hall–Kier alpha value is -4.03. The van der Waals surface area contributed by atoms with Crippen molar-refractivity contribution in [2.24, 2.45) is 0 Å². The first-order chi connectivity index (χ1) is 17.4. The van der Waals surface area contributed by atoms with Crippen molar-refractivity contribution in [3.05, 3.63) is 72.3 Å². The number of benzene rings is 3. The molecule has 0 atom stereocenters. The minimum Gasteiger partial charge on any atom is -0.495 e. The van der Waals surface area contributed by atoms with Crippen LogP contribution in [0.4, 0.5) is 11.4 Å². The first-order valence-corrected chi connectivity index (χ1v) is 12.8. The van der Waals surface area contributed by atoms with Gasteiger partial charge < -0.3 is 19.5 Å². The minimum atomic E-state index is -3.88. The number of nitrogens with one attached hydrogen (secondary N) is 4. The molecule has 0 aromatic heterocycles.